The number of halogens is 1. The molecule has 4 rings (SSSR count). The van der Waals surface area contributed by atoms with Crippen LogP contribution in [0.2, 0.25) is 0 Å². The van der Waals surface area contributed by atoms with Crippen LogP contribution in [-0.2, 0) is 10.0 Å². The Balaban J connectivity index is 1.77. The van der Waals surface area contributed by atoms with Gasteiger partial charge in [-0.05, 0) is 43.3 Å². The molecule has 1 aromatic carbocycles. The average Bonchev–Trinajstić information content (AvgIpc) is 3.43. The second-order valence-corrected chi connectivity index (χ2v) is 9.17. The Bertz CT molecular complexity index is 1410. The minimum absolute atomic E-state index is 0.00334. The first-order valence-electron chi connectivity index (χ1n) is 10.3. The Morgan fingerprint density at radius 2 is 1.83 bits per heavy atom. The molecule has 0 saturated heterocycles. The van der Waals surface area contributed by atoms with Crippen molar-refractivity contribution in [2.75, 3.05) is 24.7 Å². The SMILES string of the molecule is COc1cccc(OC)c1-n1c(NS(=O)(=O)C[C@H](O)c2ccc(F)cn2)nnc1-c1ccc(C)o1. The molecule has 0 amide bonds. The van der Waals surface area contributed by atoms with Gasteiger partial charge in [0.25, 0.3) is 0 Å². The van der Waals surface area contributed by atoms with Crippen LogP contribution in [0.15, 0.2) is 53.1 Å². The molecule has 2 N–H and O–H groups in total. The third kappa shape index (κ3) is 5.10. The van der Waals surface area contributed by atoms with Gasteiger partial charge in [-0.2, -0.15) is 0 Å². The van der Waals surface area contributed by atoms with Crippen molar-refractivity contribution < 1.29 is 31.8 Å². The number of nitrogens with zero attached hydrogens (tertiary/aromatic N) is 4. The third-order valence-electron chi connectivity index (χ3n) is 4.96. The van der Waals surface area contributed by atoms with E-state index in [2.05, 4.69) is 19.9 Å². The number of sulfonamides is 1. The molecular formula is C22H22FN5O6S. The maximum Gasteiger partial charge on any atom is 0.243 e. The molecule has 184 valence electrons. The molecule has 0 aliphatic carbocycles. The number of furan rings is 1. The molecule has 0 bridgehead atoms. The van der Waals surface area contributed by atoms with Crippen LogP contribution < -0.4 is 14.2 Å². The van der Waals surface area contributed by atoms with Crippen LogP contribution in [0.1, 0.15) is 17.6 Å². The lowest BCUT2D eigenvalue weighted by Crippen LogP contribution is -2.24. The number of aryl methyl sites for hydroxylation is 1. The van der Waals surface area contributed by atoms with Crippen LogP contribution in [0.4, 0.5) is 10.3 Å². The summed E-state index contributed by atoms with van der Waals surface area (Å²) in [6, 6.07) is 10.7. The van der Waals surface area contributed by atoms with Crippen molar-refractivity contribution >= 4 is 16.0 Å². The summed E-state index contributed by atoms with van der Waals surface area (Å²) in [4.78, 5) is 3.73. The zero-order valence-corrected chi connectivity index (χ0v) is 19.8. The Hall–Kier alpha value is -3.97. The van der Waals surface area contributed by atoms with Gasteiger partial charge in [0.1, 0.15) is 40.6 Å². The summed E-state index contributed by atoms with van der Waals surface area (Å²) in [6.07, 6.45) is -0.627. The van der Waals surface area contributed by atoms with Crippen molar-refractivity contribution in [1.82, 2.24) is 19.7 Å². The van der Waals surface area contributed by atoms with E-state index in [1.807, 2.05) is 0 Å². The minimum atomic E-state index is -4.19. The van der Waals surface area contributed by atoms with E-state index < -0.39 is 27.7 Å². The van der Waals surface area contributed by atoms with Crippen molar-refractivity contribution in [3.05, 3.63) is 65.9 Å². The maximum atomic E-state index is 13.1. The van der Waals surface area contributed by atoms with Gasteiger partial charge in [-0.3, -0.25) is 14.3 Å². The number of hydrogen-bond acceptors (Lipinski definition) is 9. The topological polar surface area (TPSA) is 142 Å². The van der Waals surface area contributed by atoms with Gasteiger partial charge >= 0.3 is 0 Å². The van der Waals surface area contributed by atoms with Gasteiger partial charge < -0.3 is 19.0 Å². The first-order chi connectivity index (χ1) is 16.7. The number of nitrogens with one attached hydrogen (secondary N) is 1. The zero-order chi connectivity index (χ0) is 25.2. The molecular weight excluding hydrogens is 481 g/mol. The monoisotopic (exact) mass is 503 g/mol. The molecule has 0 fully saturated rings. The summed E-state index contributed by atoms with van der Waals surface area (Å²) >= 11 is 0. The van der Waals surface area contributed by atoms with E-state index >= 15 is 0 Å². The zero-order valence-electron chi connectivity index (χ0n) is 19.0. The molecule has 0 unspecified atom stereocenters. The molecule has 3 heterocycles. The normalized spacial score (nSPS) is 12.4. The number of anilines is 1. The number of methoxy groups -OCH3 is 2. The summed E-state index contributed by atoms with van der Waals surface area (Å²) in [5.74, 6) is 0.241. The van der Waals surface area contributed by atoms with Crippen LogP contribution in [0.3, 0.4) is 0 Å². The second kappa shape index (κ2) is 9.72. The number of aliphatic hydroxyl groups is 1. The van der Waals surface area contributed by atoms with Gasteiger partial charge in [-0.15, -0.1) is 10.2 Å². The smallest absolute Gasteiger partial charge is 0.243 e. The van der Waals surface area contributed by atoms with E-state index in [-0.39, 0.29) is 17.5 Å². The molecule has 3 aromatic heterocycles. The Labute approximate surface area is 200 Å². The van der Waals surface area contributed by atoms with Gasteiger partial charge in [0.15, 0.2) is 5.76 Å². The quantitative estimate of drug-likeness (QED) is 0.353. The highest BCUT2D eigenvalue weighted by molar-refractivity contribution is 7.92. The Morgan fingerprint density at radius 3 is 2.40 bits per heavy atom. The highest BCUT2D eigenvalue weighted by Crippen LogP contribution is 2.38. The minimum Gasteiger partial charge on any atom is -0.494 e. The van der Waals surface area contributed by atoms with Crippen molar-refractivity contribution in [3.8, 4) is 28.8 Å². The Morgan fingerprint density at radius 1 is 1.11 bits per heavy atom. The largest absolute Gasteiger partial charge is 0.494 e. The lowest BCUT2D eigenvalue weighted by Gasteiger charge is -2.17. The highest BCUT2D eigenvalue weighted by atomic mass is 32.2. The van der Waals surface area contributed by atoms with Crippen molar-refractivity contribution in [2.24, 2.45) is 0 Å². The number of rotatable bonds is 9. The van der Waals surface area contributed by atoms with Crippen LogP contribution in [-0.4, -0.2) is 53.2 Å². The van der Waals surface area contributed by atoms with E-state index in [1.54, 1.807) is 37.3 Å². The predicted octanol–water partition coefficient (Wildman–Crippen LogP) is 2.86. The van der Waals surface area contributed by atoms with E-state index in [0.29, 0.717) is 28.7 Å². The van der Waals surface area contributed by atoms with Crippen LogP contribution in [0.5, 0.6) is 11.5 Å². The number of aliphatic hydroxyl groups excluding tert-OH is 1. The summed E-state index contributed by atoms with van der Waals surface area (Å²) in [7, 11) is -1.29. The van der Waals surface area contributed by atoms with Gasteiger partial charge in [0, 0.05) is 0 Å². The molecule has 0 aliphatic heterocycles. The molecule has 0 radical (unpaired) electrons. The fraction of sp³-hybridized carbons (Fsp3) is 0.227. The third-order valence-corrected chi connectivity index (χ3v) is 6.21. The van der Waals surface area contributed by atoms with E-state index in [4.69, 9.17) is 13.9 Å². The van der Waals surface area contributed by atoms with Crippen LogP contribution in [0, 0.1) is 12.7 Å². The number of ether oxygens (including phenoxy) is 2. The van der Waals surface area contributed by atoms with E-state index in [0.717, 1.165) is 12.3 Å². The summed E-state index contributed by atoms with van der Waals surface area (Å²) < 4.78 is 59.4. The van der Waals surface area contributed by atoms with E-state index in [9.17, 15) is 17.9 Å². The lowest BCUT2D eigenvalue weighted by atomic mass is 10.2. The standard InChI is InChI=1S/C22H22FN5O6S/c1-13-7-10-19(34-13)21-25-26-22(28(21)20-17(32-2)5-4-6-18(20)33-3)27-35(30,31)12-16(29)15-9-8-14(23)11-24-15/h4-11,16,29H,12H2,1-3H3,(H,26,27)/t16-/m0/s1. The first kappa shape index (κ1) is 24.2. The number of pyridine rings is 1. The molecule has 0 spiro atoms. The van der Waals surface area contributed by atoms with Gasteiger partial charge in [-0.25, -0.2) is 12.8 Å². The van der Waals surface area contributed by atoms with E-state index in [1.165, 1.54) is 24.9 Å². The van der Waals surface area contributed by atoms with Gasteiger partial charge in [0.05, 0.1) is 26.1 Å². The summed E-state index contributed by atoms with van der Waals surface area (Å²) in [6.45, 7) is 1.75. The van der Waals surface area contributed by atoms with Crippen molar-refractivity contribution in [1.29, 1.82) is 0 Å². The molecule has 1 atom stereocenters. The predicted molar refractivity (Wildman–Crippen MR) is 123 cm³/mol. The number of para-hydroxylation sites is 1. The van der Waals surface area contributed by atoms with Gasteiger partial charge in [0.2, 0.25) is 21.8 Å². The van der Waals surface area contributed by atoms with Crippen molar-refractivity contribution in [3.63, 3.8) is 0 Å². The second-order valence-electron chi connectivity index (χ2n) is 7.40. The summed E-state index contributed by atoms with van der Waals surface area (Å²) in [5.41, 5.74) is 0.321. The fourth-order valence-electron chi connectivity index (χ4n) is 3.39. The number of hydrogen-bond donors (Lipinski definition) is 2. The van der Waals surface area contributed by atoms with Crippen LogP contribution in [0.25, 0.3) is 17.3 Å². The highest BCUT2D eigenvalue weighted by Gasteiger charge is 2.28. The number of aromatic nitrogens is 4. The van der Waals surface area contributed by atoms with Crippen molar-refractivity contribution in [2.45, 2.75) is 13.0 Å². The van der Waals surface area contributed by atoms with Gasteiger partial charge in [-0.1, -0.05) is 6.07 Å². The maximum absolute atomic E-state index is 13.1. The van der Waals surface area contributed by atoms with Crippen LogP contribution >= 0.6 is 0 Å². The molecule has 0 aliphatic rings. The summed E-state index contributed by atoms with van der Waals surface area (Å²) in [5, 5.41) is 18.5. The molecule has 13 heteroatoms. The number of benzene rings is 1. The lowest BCUT2D eigenvalue weighted by molar-refractivity contribution is 0.196. The Kier molecular flexibility index (Phi) is 6.71. The first-order valence-corrected chi connectivity index (χ1v) is 11.9. The molecule has 0 saturated carbocycles. The average molecular weight is 504 g/mol. The molecule has 4 aromatic rings. The molecule has 35 heavy (non-hydrogen) atoms. The molecule has 11 nitrogen and oxygen atoms in total. The fourth-order valence-corrected chi connectivity index (χ4v) is 4.47.